The SMILES string of the molecule is COc1ccc(S(=O)(=O)N(Cc2cc3ccc(C)cc3[nH]c2=O)CC2CCCO2)cc1. The lowest BCUT2D eigenvalue weighted by atomic mass is 10.1. The summed E-state index contributed by atoms with van der Waals surface area (Å²) in [5.74, 6) is 0.575. The number of aromatic nitrogens is 1. The molecule has 1 saturated heterocycles. The number of aryl methyl sites for hydroxylation is 1. The second-order valence-corrected chi connectivity index (χ2v) is 9.76. The minimum Gasteiger partial charge on any atom is -0.497 e. The van der Waals surface area contributed by atoms with E-state index in [1.54, 1.807) is 18.2 Å². The maximum atomic E-state index is 13.5. The van der Waals surface area contributed by atoms with Crippen LogP contribution in [0.15, 0.2) is 58.2 Å². The smallest absolute Gasteiger partial charge is 0.252 e. The second kappa shape index (κ2) is 8.82. The number of methoxy groups -OCH3 is 1. The number of rotatable bonds is 7. The van der Waals surface area contributed by atoms with Gasteiger partial charge in [0.05, 0.1) is 18.1 Å². The van der Waals surface area contributed by atoms with E-state index in [9.17, 15) is 13.2 Å². The van der Waals surface area contributed by atoms with Gasteiger partial charge in [-0.15, -0.1) is 0 Å². The van der Waals surface area contributed by atoms with Gasteiger partial charge in [-0.05, 0) is 67.1 Å². The minimum atomic E-state index is -3.84. The van der Waals surface area contributed by atoms with Crippen LogP contribution in [-0.2, 0) is 21.3 Å². The number of hydrogen-bond donors (Lipinski definition) is 1. The molecule has 7 nitrogen and oxygen atoms in total. The molecule has 1 aliphatic heterocycles. The van der Waals surface area contributed by atoms with Crippen LogP contribution in [0.25, 0.3) is 10.9 Å². The largest absolute Gasteiger partial charge is 0.497 e. The summed E-state index contributed by atoms with van der Waals surface area (Å²) in [7, 11) is -2.31. The molecule has 1 unspecified atom stereocenters. The summed E-state index contributed by atoms with van der Waals surface area (Å²) in [4.78, 5) is 15.8. The van der Waals surface area contributed by atoms with Crippen molar-refractivity contribution in [3.8, 4) is 5.75 Å². The van der Waals surface area contributed by atoms with Gasteiger partial charge in [0.2, 0.25) is 10.0 Å². The average molecular weight is 443 g/mol. The van der Waals surface area contributed by atoms with Crippen molar-refractivity contribution < 1.29 is 17.9 Å². The van der Waals surface area contributed by atoms with Gasteiger partial charge < -0.3 is 14.5 Å². The van der Waals surface area contributed by atoms with E-state index in [0.29, 0.717) is 17.9 Å². The average Bonchev–Trinajstić information content (AvgIpc) is 3.27. The van der Waals surface area contributed by atoms with Crippen molar-refractivity contribution in [3.05, 3.63) is 70.0 Å². The molecule has 1 aliphatic rings. The van der Waals surface area contributed by atoms with Gasteiger partial charge in [0.15, 0.2) is 0 Å². The molecule has 0 bridgehead atoms. The number of sulfonamides is 1. The highest BCUT2D eigenvalue weighted by atomic mass is 32.2. The lowest BCUT2D eigenvalue weighted by molar-refractivity contribution is 0.0925. The van der Waals surface area contributed by atoms with E-state index < -0.39 is 10.0 Å². The van der Waals surface area contributed by atoms with Crippen LogP contribution in [0, 0.1) is 6.92 Å². The predicted octanol–water partition coefficient (Wildman–Crippen LogP) is 3.22. The molecule has 4 rings (SSSR count). The van der Waals surface area contributed by atoms with Gasteiger partial charge in [-0.2, -0.15) is 4.31 Å². The Hall–Kier alpha value is -2.68. The van der Waals surface area contributed by atoms with Crippen LogP contribution in [0.5, 0.6) is 5.75 Å². The van der Waals surface area contributed by atoms with Gasteiger partial charge in [-0.3, -0.25) is 4.79 Å². The van der Waals surface area contributed by atoms with Crippen molar-refractivity contribution in [3.63, 3.8) is 0 Å². The second-order valence-electron chi connectivity index (χ2n) is 7.82. The third-order valence-electron chi connectivity index (χ3n) is 5.55. The number of nitrogens with one attached hydrogen (secondary N) is 1. The molecule has 1 fully saturated rings. The van der Waals surface area contributed by atoms with Crippen LogP contribution >= 0.6 is 0 Å². The topological polar surface area (TPSA) is 88.7 Å². The van der Waals surface area contributed by atoms with E-state index in [4.69, 9.17) is 9.47 Å². The van der Waals surface area contributed by atoms with Crippen molar-refractivity contribution in [1.29, 1.82) is 0 Å². The van der Waals surface area contributed by atoms with Gasteiger partial charge >= 0.3 is 0 Å². The first-order chi connectivity index (χ1) is 14.9. The number of H-pyrrole nitrogens is 1. The fourth-order valence-corrected chi connectivity index (χ4v) is 5.28. The molecule has 2 aromatic carbocycles. The molecule has 31 heavy (non-hydrogen) atoms. The monoisotopic (exact) mass is 442 g/mol. The highest BCUT2D eigenvalue weighted by Gasteiger charge is 2.30. The third kappa shape index (κ3) is 4.66. The standard InChI is InChI=1S/C23H26N2O5S/c1-16-5-6-17-13-18(23(26)24-22(17)12-16)14-25(15-20-4-3-11-30-20)31(27,28)21-9-7-19(29-2)8-10-21/h5-10,12-13,20H,3-4,11,14-15H2,1-2H3,(H,24,26). The number of aromatic amines is 1. The van der Waals surface area contributed by atoms with Crippen molar-refractivity contribution in [1.82, 2.24) is 9.29 Å². The summed E-state index contributed by atoms with van der Waals surface area (Å²) in [6.45, 7) is 2.74. The Morgan fingerprint density at radius 2 is 1.94 bits per heavy atom. The maximum absolute atomic E-state index is 13.5. The fourth-order valence-electron chi connectivity index (χ4n) is 3.83. The lowest BCUT2D eigenvalue weighted by Crippen LogP contribution is -2.38. The van der Waals surface area contributed by atoms with E-state index in [1.807, 2.05) is 25.1 Å². The zero-order valence-electron chi connectivity index (χ0n) is 17.6. The summed E-state index contributed by atoms with van der Waals surface area (Å²) >= 11 is 0. The molecule has 1 N–H and O–H groups in total. The number of fused-ring (bicyclic) bond motifs is 1. The molecule has 1 atom stereocenters. The summed E-state index contributed by atoms with van der Waals surface area (Å²) in [6.07, 6.45) is 1.51. The Labute approximate surface area is 181 Å². The van der Waals surface area contributed by atoms with Crippen LogP contribution in [0.2, 0.25) is 0 Å². The Morgan fingerprint density at radius 1 is 1.16 bits per heavy atom. The number of benzene rings is 2. The number of hydrogen-bond acceptors (Lipinski definition) is 5. The number of nitrogens with zero attached hydrogens (tertiary/aromatic N) is 1. The third-order valence-corrected chi connectivity index (χ3v) is 7.38. The Bertz CT molecular complexity index is 1230. The molecule has 0 amide bonds. The first-order valence-corrected chi connectivity index (χ1v) is 11.7. The van der Waals surface area contributed by atoms with Crippen LogP contribution in [0.4, 0.5) is 0 Å². The summed E-state index contributed by atoms with van der Waals surface area (Å²) in [6, 6.07) is 13.8. The molecular formula is C23H26N2O5S. The molecule has 3 aromatic rings. The van der Waals surface area contributed by atoms with Gasteiger partial charge in [0.1, 0.15) is 5.75 Å². The summed E-state index contributed by atoms with van der Waals surface area (Å²) in [5.41, 5.74) is 1.88. The van der Waals surface area contributed by atoms with Gasteiger partial charge in [0.25, 0.3) is 5.56 Å². The van der Waals surface area contributed by atoms with Crippen LogP contribution in [0.1, 0.15) is 24.0 Å². The zero-order chi connectivity index (χ0) is 22.0. The van der Waals surface area contributed by atoms with Gasteiger partial charge in [-0.1, -0.05) is 12.1 Å². The number of ether oxygens (including phenoxy) is 2. The van der Waals surface area contributed by atoms with Crippen LogP contribution < -0.4 is 10.3 Å². The lowest BCUT2D eigenvalue weighted by Gasteiger charge is -2.25. The molecule has 0 spiro atoms. The predicted molar refractivity (Wildman–Crippen MR) is 119 cm³/mol. The minimum absolute atomic E-state index is 0.0344. The van der Waals surface area contributed by atoms with E-state index in [-0.39, 0.29) is 29.6 Å². The maximum Gasteiger partial charge on any atom is 0.252 e. The molecule has 2 heterocycles. The zero-order valence-corrected chi connectivity index (χ0v) is 18.4. The van der Waals surface area contributed by atoms with E-state index in [1.165, 1.54) is 23.5 Å². The molecule has 0 radical (unpaired) electrons. The summed E-state index contributed by atoms with van der Waals surface area (Å²) in [5, 5.41) is 0.860. The van der Waals surface area contributed by atoms with Crippen molar-refractivity contribution in [2.75, 3.05) is 20.3 Å². The first kappa shape index (κ1) is 21.5. The Balaban J connectivity index is 1.70. The molecule has 1 aromatic heterocycles. The Kier molecular flexibility index (Phi) is 6.13. The van der Waals surface area contributed by atoms with Crippen LogP contribution in [-0.4, -0.2) is 44.1 Å². The van der Waals surface area contributed by atoms with Gasteiger partial charge in [-0.25, -0.2) is 8.42 Å². The highest BCUT2D eigenvalue weighted by molar-refractivity contribution is 7.89. The van der Waals surface area contributed by atoms with Crippen LogP contribution in [0.3, 0.4) is 0 Å². The Morgan fingerprint density at radius 3 is 2.61 bits per heavy atom. The first-order valence-electron chi connectivity index (χ1n) is 10.3. The van der Waals surface area contributed by atoms with Crippen molar-refractivity contribution in [2.24, 2.45) is 0 Å². The molecule has 0 aliphatic carbocycles. The molecule has 8 heteroatoms. The van der Waals surface area contributed by atoms with E-state index >= 15 is 0 Å². The molecular weight excluding hydrogens is 416 g/mol. The molecule has 0 saturated carbocycles. The highest BCUT2D eigenvalue weighted by Crippen LogP contribution is 2.24. The van der Waals surface area contributed by atoms with E-state index in [2.05, 4.69) is 4.98 Å². The van der Waals surface area contributed by atoms with Gasteiger partial charge in [0, 0.05) is 30.8 Å². The number of pyridine rings is 1. The summed E-state index contributed by atoms with van der Waals surface area (Å²) < 4.78 is 39.1. The normalized spacial score (nSPS) is 16.8. The van der Waals surface area contributed by atoms with Crippen molar-refractivity contribution >= 4 is 20.9 Å². The molecule has 164 valence electrons. The van der Waals surface area contributed by atoms with E-state index in [0.717, 1.165) is 29.3 Å². The quantitative estimate of drug-likeness (QED) is 0.607. The van der Waals surface area contributed by atoms with Crippen molar-refractivity contribution in [2.45, 2.75) is 37.3 Å². The fraction of sp³-hybridized carbons (Fsp3) is 0.348.